The summed E-state index contributed by atoms with van der Waals surface area (Å²) in [6.07, 6.45) is 8.63. The lowest BCUT2D eigenvalue weighted by Gasteiger charge is -2.33. The predicted molar refractivity (Wildman–Crippen MR) is 104 cm³/mol. The summed E-state index contributed by atoms with van der Waals surface area (Å²) in [4.78, 5) is 14.3. The minimum atomic E-state index is 0.256. The van der Waals surface area contributed by atoms with E-state index in [1.807, 2.05) is 12.4 Å². The number of anilines is 3. The zero-order valence-corrected chi connectivity index (χ0v) is 15.7. The standard InChI is InChI=1S/C21H28N4/c1-5-21(6-2)12-11-18-24(15(3)4)19-20(23-14-13-22-19)25(18)17-10-8-7-9-16(17)21/h7-10,13-15,18H,5-6,11-12H2,1-4H3. The fourth-order valence-electron chi connectivity index (χ4n) is 4.87. The Bertz CT molecular complexity index is 766. The lowest BCUT2D eigenvalue weighted by atomic mass is 9.72. The van der Waals surface area contributed by atoms with Crippen LogP contribution in [-0.4, -0.2) is 22.2 Å². The fraction of sp³-hybridized carbons (Fsp3) is 0.524. The number of para-hydroxylation sites is 1. The van der Waals surface area contributed by atoms with Crippen LogP contribution in [0.15, 0.2) is 36.7 Å². The van der Waals surface area contributed by atoms with Crippen molar-refractivity contribution in [3.05, 3.63) is 42.2 Å². The maximum atomic E-state index is 4.74. The zero-order chi connectivity index (χ0) is 17.6. The van der Waals surface area contributed by atoms with E-state index < -0.39 is 0 Å². The average molecular weight is 336 g/mol. The van der Waals surface area contributed by atoms with E-state index in [4.69, 9.17) is 4.98 Å². The molecule has 25 heavy (non-hydrogen) atoms. The molecule has 2 aromatic rings. The van der Waals surface area contributed by atoms with E-state index in [1.54, 1.807) is 0 Å². The van der Waals surface area contributed by atoms with Gasteiger partial charge in [0, 0.05) is 24.1 Å². The van der Waals surface area contributed by atoms with Gasteiger partial charge in [0.15, 0.2) is 11.6 Å². The summed E-state index contributed by atoms with van der Waals surface area (Å²) in [5.74, 6) is 2.04. The highest BCUT2D eigenvalue weighted by Crippen LogP contribution is 2.52. The van der Waals surface area contributed by atoms with Crippen molar-refractivity contribution >= 4 is 17.3 Å². The molecule has 0 spiro atoms. The molecule has 1 unspecified atom stereocenters. The number of benzene rings is 1. The fourth-order valence-corrected chi connectivity index (χ4v) is 4.87. The number of nitrogens with zero attached hydrogens (tertiary/aromatic N) is 4. The highest BCUT2D eigenvalue weighted by molar-refractivity contribution is 5.80. The van der Waals surface area contributed by atoms with Gasteiger partial charge in [-0.15, -0.1) is 0 Å². The van der Waals surface area contributed by atoms with Gasteiger partial charge in [0.1, 0.15) is 6.17 Å². The smallest absolute Gasteiger partial charge is 0.178 e. The summed E-state index contributed by atoms with van der Waals surface area (Å²) in [6, 6.07) is 9.35. The Hall–Kier alpha value is -2.10. The summed E-state index contributed by atoms with van der Waals surface area (Å²) in [5.41, 5.74) is 3.05. The molecule has 1 aromatic heterocycles. The molecule has 4 rings (SSSR count). The molecule has 3 heterocycles. The van der Waals surface area contributed by atoms with Crippen LogP contribution >= 0.6 is 0 Å². The molecule has 1 aromatic carbocycles. The van der Waals surface area contributed by atoms with Crippen molar-refractivity contribution in [3.8, 4) is 0 Å². The Morgan fingerprint density at radius 2 is 1.76 bits per heavy atom. The van der Waals surface area contributed by atoms with Crippen molar-refractivity contribution in [1.29, 1.82) is 0 Å². The first kappa shape index (κ1) is 16.4. The van der Waals surface area contributed by atoms with Gasteiger partial charge in [-0.1, -0.05) is 32.0 Å². The van der Waals surface area contributed by atoms with Crippen LogP contribution in [0.1, 0.15) is 58.9 Å². The van der Waals surface area contributed by atoms with Gasteiger partial charge < -0.3 is 9.80 Å². The van der Waals surface area contributed by atoms with Crippen LogP contribution < -0.4 is 9.80 Å². The van der Waals surface area contributed by atoms with Crippen molar-refractivity contribution < 1.29 is 0 Å². The van der Waals surface area contributed by atoms with E-state index in [1.165, 1.54) is 30.5 Å². The molecule has 0 bridgehead atoms. The molecule has 0 amide bonds. The summed E-state index contributed by atoms with van der Waals surface area (Å²) in [6.45, 7) is 9.19. The monoisotopic (exact) mass is 336 g/mol. The van der Waals surface area contributed by atoms with Crippen molar-refractivity contribution in [2.75, 3.05) is 9.80 Å². The third-order valence-corrected chi connectivity index (χ3v) is 6.28. The third kappa shape index (κ3) is 2.26. The summed E-state index contributed by atoms with van der Waals surface area (Å²) >= 11 is 0. The van der Waals surface area contributed by atoms with E-state index in [9.17, 15) is 0 Å². The normalized spacial score (nSPS) is 20.9. The minimum Gasteiger partial charge on any atom is -0.330 e. The van der Waals surface area contributed by atoms with E-state index in [-0.39, 0.29) is 5.41 Å². The lowest BCUT2D eigenvalue weighted by molar-refractivity contribution is 0.349. The molecule has 0 saturated heterocycles. The van der Waals surface area contributed by atoms with Crippen molar-refractivity contribution in [2.45, 2.75) is 71.0 Å². The molecule has 1 atom stereocenters. The first-order valence-electron chi connectivity index (χ1n) is 9.61. The maximum Gasteiger partial charge on any atom is 0.178 e. The second kappa shape index (κ2) is 6.01. The first-order valence-corrected chi connectivity index (χ1v) is 9.61. The number of hydrogen-bond donors (Lipinski definition) is 0. The third-order valence-electron chi connectivity index (χ3n) is 6.28. The Labute approximate surface area is 150 Å². The van der Waals surface area contributed by atoms with Crippen molar-refractivity contribution in [3.63, 3.8) is 0 Å². The average Bonchev–Trinajstić information content (AvgIpc) is 2.90. The second-order valence-corrected chi connectivity index (χ2v) is 7.60. The van der Waals surface area contributed by atoms with Gasteiger partial charge in [0.25, 0.3) is 0 Å². The largest absolute Gasteiger partial charge is 0.330 e. The Morgan fingerprint density at radius 3 is 2.44 bits per heavy atom. The van der Waals surface area contributed by atoms with E-state index in [0.717, 1.165) is 18.1 Å². The van der Waals surface area contributed by atoms with Crippen LogP contribution in [0.5, 0.6) is 0 Å². The molecule has 132 valence electrons. The van der Waals surface area contributed by atoms with Crippen LogP contribution in [0.25, 0.3) is 0 Å². The van der Waals surface area contributed by atoms with Gasteiger partial charge >= 0.3 is 0 Å². The van der Waals surface area contributed by atoms with Gasteiger partial charge in [-0.3, -0.25) is 0 Å². The number of rotatable bonds is 3. The molecule has 0 saturated carbocycles. The van der Waals surface area contributed by atoms with Crippen LogP contribution in [0, 0.1) is 0 Å². The highest BCUT2D eigenvalue weighted by atomic mass is 15.5. The Kier molecular flexibility index (Phi) is 3.94. The van der Waals surface area contributed by atoms with Crippen LogP contribution in [0.3, 0.4) is 0 Å². The van der Waals surface area contributed by atoms with Crippen molar-refractivity contribution in [2.24, 2.45) is 0 Å². The van der Waals surface area contributed by atoms with E-state index in [2.05, 4.69) is 66.7 Å². The minimum absolute atomic E-state index is 0.256. The molecule has 0 N–H and O–H groups in total. The van der Waals surface area contributed by atoms with Crippen LogP contribution in [-0.2, 0) is 5.41 Å². The van der Waals surface area contributed by atoms with Gasteiger partial charge in [-0.25, -0.2) is 9.97 Å². The van der Waals surface area contributed by atoms with E-state index in [0.29, 0.717) is 12.2 Å². The molecular weight excluding hydrogens is 308 g/mol. The molecule has 2 aliphatic heterocycles. The number of fused-ring (bicyclic) bond motifs is 5. The molecule has 4 nitrogen and oxygen atoms in total. The van der Waals surface area contributed by atoms with Crippen LogP contribution in [0.4, 0.5) is 17.3 Å². The van der Waals surface area contributed by atoms with Crippen molar-refractivity contribution in [1.82, 2.24) is 9.97 Å². The summed E-state index contributed by atoms with van der Waals surface area (Å²) in [5, 5.41) is 0. The topological polar surface area (TPSA) is 32.3 Å². The van der Waals surface area contributed by atoms with Gasteiger partial charge in [-0.2, -0.15) is 0 Å². The molecule has 0 aliphatic carbocycles. The van der Waals surface area contributed by atoms with Gasteiger partial charge in [-0.05, 0) is 56.6 Å². The Morgan fingerprint density at radius 1 is 1.08 bits per heavy atom. The molecule has 0 radical (unpaired) electrons. The molecule has 4 heteroatoms. The lowest BCUT2D eigenvalue weighted by Crippen LogP contribution is -2.44. The SMILES string of the molecule is CCC1(CC)CCC2N(c3ccccc31)c1nccnc1N2C(C)C. The Balaban J connectivity index is 1.95. The van der Waals surface area contributed by atoms with Crippen LogP contribution in [0.2, 0.25) is 0 Å². The first-order chi connectivity index (χ1) is 12.1. The predicted octanol–water partition coefficient (Wildman–Crippen LogP) is 5.02. The number of hydrogen-bond acceptors (Lipinski definition) is 4. The molecule has 2 aliphatic rings. The summed E-state index contributed by atoms with van der Waals surface area (Å²) in [7, 11) is 0. The maximum absolute atomic E-state index is 4.74. The summed E-state index contributed by atoms with van der Waals surface area (Å²) < 4.78 is 0. The van der Waals surface area contributed by atoms with Gasteiger partial charge in [0.2, 0.25) is 0 Å². The second-order valence-electron chi connectivity index (χ2n) is 7.60. The quantitative estimate of drug-likeness (QED) is 0.787. The molecule has 0 fully saturated rings. The highest BCUT2D eigenvalue weighted by Gasteiger charge is 2.46. The van der Waals surface area contributed by atoms with E-state index >= 15 is 0 Å². The number of aromatic nitrogens is 2. The van der Waals surface area contributed by atoms with Gasteiger partial charge in [0.05, 0.1) is 0 Å². The molecular formula is C21H28N4. The zero-order valence-electron chi connectivity index (χ0n) is 15.7.